The molecule has 0 saturated carbocycles. The van der Waals surface area contributed by atoms with Crippen molar-refractivity contribution in [2.24, 2.45) is 5.10 Å². The first kappa shape index (κ1) is 12.3. The van der Waals surface area contributed by atoms with Crippen molar-refractivity contribution < 1.29 is 14.7 Å². The fourth-order valence-corrected chi connectivity index (χ4v) is 1.79. The summed E-state index contributed by atoms with van der Waals surface area (Å²) in [7, 11) is 0. The topological polar surface area (TPSA) is 70.0 Å². The van der Waals surface area contributed by atoms with Crippen LogP contribution < -0.4 is 0 Å². The quantitative estimate of drug-likeness (QED) is 0.876. The number of hydrogen-bond acceptors (Lipinski definition) is 3. The Labute approximate surface area is 105 Å². The van der Waals surface area contributed by atoms with E-state index in [1.54, 1.807) is 0 Å². The fraction of sp³-hybridized carbons (Fsp3) is 0.308. The number of carboxylic acids is 1. The Kier molecular flexibility index (Phi) is 3.41. The van der Waals surface area contributed by atoms with Gasteiger partial charge in [0.1, 0.15) is 0 Å². The number of hydrazone groups is 1. The largest absolute Gasteiger partial charge is 0.481 e. The smallest absolute Gasteiger partial charge is 0.309 e. The van der Waals surface area contributed by atoms with Crippen molar-refractivity contribution in [2.45, 2.75) is 26.3 Å². The Morgan fingerprint density at radius 1 is 1.39 bits per heavy atom. The summed E-state index contributed by atoms with van der Waals surface area (Å²) in [6.07, 6.45) is -0.0612. The summed E-state index contributed by atoms with van der Waals surface area (Å²) in [4.78, 5) is 22.2. The Morgan fingerprint density at radius 2 is 2.06 bits per heavy atom. The van der Waals surface area contributed by atoms with Crippen molar-refractivity contribution in [2.75, 3.05) is 0 Å². The van der Waals surface area contributed by atoms with Gasteiger partial charge in [0, 0.05) is 0 Å². The molecule has 1 aliphatic heterocycles. The van der Waals surface area contributed by atoms with Crippen LogP contribution in [-0.4, -0.2) is 27.7 Å². The van der Waals surface area contributed by atoms with Gasteiger partial charge in [-0.05, 0) is 12.5 Å². The summed E-state index contributed by atoms with van der Waals surface area (Å²) in [6.45, 7) is 2.39. The van der Waals surface area contributed by atoms with Gasteiger partial charge in [0.25, 0.3) is 0 Å². The molecule has 18 heavy (non-hydrogen) atoms. The monoisotopic (exact) mass is 246 g/mol. The van der Waals surface area contributed by atoms with Crippen LogP contribution in [0.5, 0.6) is 0 Å². The zero-order chi connectivity index (χ0) is 13.1. The molecule has 0 aromatic heterocycles. The summed E-state index contributed by atoms with van der Waals surface area (Å²) in [6, 6.07) is 7.82. The van der Waals surface area contributed by atoms with E-state index in [-0.39, 0.29) is 18.7 Å². The number of rotatable bonds is 4. The highest BCUT2D eigenvalue weighted by molar-refractivity contribution is 6.10. The molecule has 0 spiro atoms. The van der Waals surface area contributed by atoms with E-state index in [1.807, 2.05) is 31.2 Å². The van der Waals surface area contributed by atoms with Crippen LogP contribution in [0, 0.1) is 6.92 Å². The van der Waals surface area contributed by atoms with Gasteiger partial charge in [-0.1, -0.05) is 29.8 Å². The number of carboxylic acid groups (broad SMARTS) is 1. The number of benzene rings is 1. The molecule has 5 heteroatoms. The minimum absolute atomic E-state index is 0.109. The normalized spacial score (nSPS) is 14.8. The SMILES string of the molecule is Cc1ccc(CN2N=C(CC(=O)O)CC2=O)cc1. The second-order valence-corrected chi connectivity index (χ2v) is 4.35. The second-order valence-electron chi connectivity index (χ2n) is 4.35. The van der Waals surface area contributed by atoms with Crippen LogP contribution >= 0.6 is 0 Å². The molecule has 0 fully saturated rings. The van der Waals surface area contributed by atoms with Gasteiger partial charge in [-0.15, -0.1) is 0 Å². The molecule has 1 amide bonds. The highest BCUT2D eigenvalue weighted by atomic mass is 16.4. The van der Waals surface area contributed by atoms with E-state index in [9.17, 15) is 9.59 Å². The van der Waals surface area contributed by atoms with Gasteiger partial charge in [0.2, 0.25) is 5.91 Å². The molecule has 94 valence electrons. The minimum atomic E-state index is -0.960. The predicted octanol–water partition coefficient (Wildman–Crippen LogP) is 1.56. The molecule has 2 rings (SSSR count). The number of aryl methyl sites for hydroxylation is 1. The van der Waals surface area contributed by atoms with Gasteiger partial charge >= 0.3 is 5.97 Å². The number of aliphatic carboxylic acids is 1. The fourth-order valence-electron chi connectivity index (χ4n) is 1.79. The number of hydrogen-bond donors (Lipinski definition) is 1. The molecule has 1 aliphatic rings. The van der Waals surface area contributed by atoms with Crippen molar-refractivity contribution >= 4 is 17.6 Å². The van der Waals surface area contributed by atoms with Crippen molar-refractivity contribution in [3.63, 3.8) is 0 Å². The van der Waals surface area contributed by atoms with Crippen LogP contribution in [0.1, 0.15) is 24.0 Å². The third-order valence-corrected chi connectivity index (χ3v) is 2.71. The Morgan fingerprint density at radius 3 is 2.67 bits per heavy atom. The highest BCUT2D eigenvalue weighted by Gasteiger charge is 2.24. The third-order valence-electron chi connectivity index (χ3n) is 2.71. The van der Waals surface area contributed by atoms with E-state index < -0.39 is 5.97 Å². The van der Waals surface area contributed by atoms with E-state index in [4.69, 9.17) is 5.11 Å². The Bertz CT molecular complexity index is 505. The van der Waals surface area contributed by atoms with Crippen LogP contribution in [-0.2, 0) is 16.1 Å². The Balaban J connectivity index is 2.05. The molecule has 0 bridgehead atoms. The molecule has 5 nitrogen and oxygen atoms in total. The summed E-state index contributed by atoms with van der Waals surface area (Å²) < 4.78 is 0. The van der Waals surface area contributed by atoms with Crippen LogP contribution in [0.25, 0.3) is 0 Å². The second kappa shape index (κ2) is 5.00. The van der Waals surface area contributed by atoms with Crippen LogP contribution in [0.15, 0.2) is 29.4 Å². The maximum Gasteiger partial charge on any atom is 0.309 e. The lowest BCUT2D eigenvalue weighted by molar-refractivity contribution is -0.135. The molecule has 0 aliphatic carbocycles. The van der Waals surface area contributed by atoms with E-state index in [1.165, 1.54) is 5.01 Å². The first-order valence-corrected chi connectivity index (χ1v) is 5.68. The lowest BCUT2D eigenvalue weighted by Crippen LogP contribution is -2.20. The van der Waals surface area contributed by atoms with Gasteiger partial charge < -0.3 is 5.11 Å². The number of carbonyl (C=O) groups excluding carboxylic acids is 1. The van der Waals surface area contributed by atoms with Gasteiger partial charge in [-0.3, -0.25) is 9.59 Å². The molecule has 0 atom stereocenters. The standard InChI is InChI=1S/C13H14N2O3/c1-9-2-4-10(5-3-9)8-15-12(16)6-11(14-15)7-13(17)18/h2-5H,6-8H2,1H3,(H,17,18). The van der Waals surface area contributed by atoms with E-state index >= 15 is 0 Å². The molecular formula is C13H14N2O3. The molecule has 0 unspecified atom stereocenters. The van der Waals surface area contributed by atoms with Crippen molar-refractivity contribution in [3.8, 4) is 0 Å². The van der Waals surface area contributed by atoms with Gasteiger partial charge in [0.15, 0.2) is 0 Å². The van der Waals surface area contributed by atoms with Crippen LogP contribution in [0.2, 0.25) is 0 Å². The van der Waals surface area contributed by atoms with Crippen LogP contribution in [0.4, 0.5) is 0 Å². The van der Waals surface area contributed by atoms with Crippen molar-refractivity contribution in [3.05, 3.63) is 35.4 Å². The summed E-state index contributed by atoms with van der Waals surface area (Å²) in [5, 5.41) is 14.0. The third kappa shape index (κ3) is 2.94. The summed E-state index contributed by atoms with van der Waals surface area (Å²) in [5.74, 6) is -1.11. The van der Waals surface area contributed by atoms with Gasteiger partial charge in [-0.2, -0.15) is 5.10 Å². The zero-order valence-electron chi connectivity index (χ0n) is 10.1. The minimum Gasteiger partial charge on any atom is -0.481 e. The van der Waals surface area contributed by atoms with Crippen molar-refractivity contribution in [1.82, 2.24) is 5.01 Å². The first-order valence-electron chi connectivity index (χ1n) is 5.68. The maximum atomic E-state index is 11.7. The molecule has 1 aromatic carbocycles. The first-order chi connectivity index (χ1) is 8.54. The summed E-state index contributed by atoms with van der Waals surface area (Å²) >= 11 is 0. The summed E-state index contributed by atoms with van der Waals surface area (Å²) in [5.41, 5.74) is 2.55. The molecule has 0 saturated heterocycles. The maximum absolute atomic E-state index is 11.7. The van der Waals surface area contributed by atoms with Gasteiger partial charge in [0.05, 0.1) is 25.1 Å². The van der Waals surface area contributed by atoms with E-state index in [2.05, 4.69) is 5.10 Å². The molecule has 1 heterocycles. The van der Waals surface area contributed by atoms with E-state index in [0.717, 1.165) is 11.1 Å². The van der Waals surface area contributed by atoms with Crippen molar-refractivity contribution in [1.29, 1.82) is 0 Å². The number of carbonyl (C=O) groups is 2. The van der Waals surface area contributed by atoms with E-state index in [0.29, 0.717) is 12.3 Å². The lowest BCUT2D eigenvalue weighted by atomic mass is 10.1. The highest BCUT2D eigenvalue weighted by Crippen LogP contribution is 2.15. The average Bonchev–Trinajstić information content (AvgIpc) is 2.61. The van der Waals surface area contributed by atoms with Gasteiger partial charge in [-0.25, -0.2) is 5.01 Å². The molecule has 1 aromatic rings. The Hall–Kier alpha value is -2.17. The number of amides is 1. The lowest BCUT2D eigenvalue weighted by Gasteiger charge is -2.11. The average molecular weight is 246 g/mol. The zero-order valence-corrected chi connectivity index (χ0v) is 10.1. The molecular weight excluding hydrogens is 232 g/mol. The predicted molar refractivity (Wildman–Crippen MR) is 66.0 cm³/mol. The molecule has 0 radical (unpaired) electrons. The number of nitrogens with zero attached hydrogens (tertiary/aromatic N) is 2. The van der Waals surface area contributed by atoms with Crippen LogP contribution in [0.3, 0.4) is 0 Å². The molecule has 1 N–H and O–H groups in total.